The second kappa shape index (κ2) is 6.92. The van der Waals surface area contributed by atoms with Gasteiger partial charge in [-0.1, -0.05) is 11.6 Å². The van der Waals surface area contributed by atoms with E-state index in [-0.39, 0.29) is 23.2 Å². The van der Waals surface area contributed by atoms with E-state index in [9.17, 15) is 9.59 Å². The van der Waals surface area contributed by atoms with Gasteiger partial charge < -0.3 is 15.1 Å². The average molecular weight is 347 g/mol. The van der Waals surface area contributed by atoms with Gasteiger partial charge in [-0.15, -0.1) is 5.10 Å². The Morgan fingerprint density at radius 1 is 1.25 bits per heavy atom. The van der Waals surface area contributed by atoms with E-state index in [1.54, 1.807) is 18.2 Å². The molecule has 0 spiro atoms. The predicted octanol–water partition coefficient (Wildman–Crippen LogP) is 1.81. The molecule has 2 aromatic heterocycles. The minimum absolute atomic E-state index is 0.0262. The fourth-order valence-corrected chi connectivity index (χ4v) is 2.11. The Bertz CT molecular complexity index is 848. The van der Waals surface area contributed by atoms with Crippen molar-refractivity contribution in [1.82, 2.24) is 20.2 Å². The molecule has 0 aliphatic heterocycles. The van der Waals surface area contributed by atoms with Crippen LogP contribution in [0.4, 0.5) is 11.4 Å². The highest BCUT2D eigenvalue weighted by Gasteiger charge is 2.12. The molecule has 2 heterocycles. The first-order valence-corrected chi connectivity index (χ1v) is 7.14. The van der Waals surface area contributed by atoms with Crippen LogP contribution in [0, 0.1) is 0 Å². The van der Waals surface area contributed by atoms with Crippen LogP contribution in [0.5, 0.6) is 0 Å². The molecule has 2 amide bonds. The van der Waals surface area contributed by atoms with Gasteiger partial charge in [0.1, 0.15) is 12.9 Å². The normalized spacial score (nSPS) is 10.4. The molecule has 0 unspecified atom stereocenters. The Labute approximate surface area is 140 Å². The van der Waals surface area contributed by atoms with Crippen molar-refractivity contribution in [2.75, 3.05) is 10.6 Å². The highest BCUT2D eigenvalue weighted by atomic mass is 35.5. The van der Waals surface area contributed by atoms with Crippen LogP contribution in [0.2, 0.25) is 5.02 Å². The van der Waals surface area contributed by atoms with Gasteiger partial charge in [-0.05, 0) is 40.8 Å². The van der Waals surface area contributed by atoms with Crippen molar-refractivity contribution in [2.45, 2.75) is 6.54 Å². The minimum atomic E-state index is -0.419. The molecule has 0 aliphatic rings. The Morgan fingerprint density at radius 3 is 2.79 bits per heavy atom. The van der Waals surface area contributed by atoms with Gasteiger partial charge in [-0.25, -0.2) is 4.68 Å². The predicted molar refractivity (Wildman–Crippen MR) is 84.6 cm³/mol. The van der Waals surface area contributed by atoms with E-state index < -0.39 is 5.91 Å². The smallest absolute Gasteiger partial charge is 0.291 e. The van der Waals surface area contributed by atoms with E-state index in [2.05, 4.69) is 26.2 Å². The Morgan fingerprint density at radius 2 is 2.12 bits per heavy atom. The van der Waals surface area contributed by atoms with Crippen LogP contribution in [0.15, 0.2) is 47.3 Å². The summed E-state index contributed by atoms with van der Waals surface area (Å²) in [5.41, 5.74) is 0.880. The minimum Gasteiger partial charge on any atom is -0.459 e. The van der Waals surface area contributed by atoms with Crippen LogP contribution in [0.1, 0.15) is 10.6 Å². The van der Waals surface area contributed by atoms with E-state index in [4.69, 9.17) is 16.0 Å². The Hall–Kier alpha value is -3.20. The molecule has 24 heavy (non-hydrogen) atoms. The molecule has 0 aliphatic carbocycles. The van der Waals surface area contributed by atoms with Gasteiger partial charge in [-0.3, -0.25) is 9.59 Å². The highest BCUT2D eigenvalue weighted by Crippen LogP contribution is 2.26. The SMILES string of the molecule is O=C(Cn1cnnn1)Nc1ccc(NC(=O)c2ccco2)c(Cl)c1. The van der Waals surface area contributed by atoms with Crippen LogP contribution >= 0.6 is 11.6 Å². The van der Waals surface area contributed by atoms with Crippen LogP contribution in [0.25, 0.3) is 0 Å². The second-order valence-corrected chi connectivity index (χ2v) is 5.09. The lowest BCUT2D eigenvalue weighted by molar-refractivity contribution is -0.116. The molecule has 0 saturated carbocycles. The lowest BCUT2D eigenvalue weighted by Gasteiger charge is -2.09. The number of aromatic nitrogens is 4. The van der Waals surface area contributed by atoms with E-state index >= 15 is 0 Å². The molecule has 0 fully saturated rings. The molecule has 0 saturated heterocycles. The summed E-state index contributed by atoms with van der Waals surface area (Å²) in [7, 11) is 0. The zero-order valence-corrected chi connectivity index (χ0v) is 12.9. The fourth-order valence-electron chi connectivity index (χ4n) is 1.89. The van der Waals surface area contributed by atoms with Crippen molar-refractivity contribution in [2.24, 2.45) is 0 Å². The van der Waals surface area contributed by atoms with Gasteiger partial charge in [0, 0.05) is 5.69 Å². The maximum absolute atomic E-state index is 11.9. The van der Waals surface area contributed by atoms with E-state index in [1.165, 1.54) is 29.4 Å². The number of hydrogen-bond donors (Lipinski definition) is 2. The summed E-state index contributed by atoms with van der Waals surface area (Å²) in [5, 5.41) is 16.0. The number of carbonyl (C=O) groups excluding carboxylic acids is 2. The van der Waals surface area contributed by atoms with Crippen molar-refractivity contribution < 1.29 is 14.0 Å². The lowest BCUT2D eigenvalue weighted by Crippen LogP contribution is -2.19. The molecule has 0 atom stereocenters. The van der Waals surface area contributed by atoms with Gasteiger partial charge >= 0.3 is 0 Å². The molecule has 3 rings (SSSR count). The topological polar surface area (TPSA) is 115 Å². The number of furan rings is 1. The number of nitrogens with one attached hydrogen (secondary N) is 2. The van der Waals surface area contributed by atoms with Crippen LogP contribution in [0.3, 0.4) is 0 Å². The van der Waals surface area contributed by atoms with E-state index in [1.807, 2.05) is 0 Å². The molecule has 10 heteroatoms. The maximum atomic E-state index is 11.9. The molecular formula is C14H11ClN6O3. The number of benzene rings is 1. The first-order valence-electron chi connectivity index (χ1n) is 6.77. The van der Waals surface area contributed by atoms with Crippen LogP contribution in [-0.4, -0.2) is 32.0 Å². The van der Waals surface area contributed by atoms with Crippen molar-refractivity contribution in [3.8, 4) is 0 Å². The lowest BCUT2D eigenvalue weighted by atomic mass is 10.2. The zero-order valence-electron chi connectivity index (χ0n) is 12.1. The third kappa shape index (κ3) is 3.76. The van der Waals surface area contributed by atoms with Gasteiger partial charge in [-0.2, -0.15) is 0 Å². The summed E-state index contributed by atoms with van der Waals surface area (Å²) in [6.45, 7) is -0.0262. The summed E-state index contributed by atoms with van der Waals surface area (Å²) in [5.74, 6) is -0.562. The van der Waals surface area contributed by atoms with Gasteiger partial charge in [0.25, 0.3) is 5.91 Å². The number of nitrogens with zero attached hydrogens (tertiary/aromatic N) is 4. The summed E-state index contributed by atoms with van der Waals surface area (Å²) < 4.78 is 6.29. The van der Waals surface area contributed by atoms with E-state index in [0.717, 1.165) is 0 Å². The third-order valence-corrected chi connectivity index (χ3v) is 3.26. The van der Waals surface area contributed by atoms with Gasteiger partial charge in [0.05, 0.1) is 17.0 Å². The quantitative estimate of drug-likeness (QED) is 0.728. The monoisotopic (exact) mass is 346 g/mol. The van der Waals surface area contributed by atoms with Crippen molar-refractivity contribution in [3.05, 3.63) is 53.7 Å². The molecule has 9 nitrogen and oxygen atoms in total. The third-order valence-electron chi connectivity index (χ3n) is 2.94. The molecule has 0 bridgehead atoms. The Balaban J connectivity index is 1.64. The highest BCUT2D eigenvalue weighted by molar-refractivity contribution is 6.34. The summed E-state index contributed by atoms with van der Waals surface area (Å²) in [6, 6.07) is 7.87. The van der Waals surface area contributed by atoms with Crippen molar-refractivity contribution in [1.29, 1.82) is 0 Å². The zero-order chi connectivity index (χ0) is 16.9. The van der Waals surface area contributed by atoms with Crippen LogP contribution in [-0.2, 0) is 11.3 Å². The fraction of sp³-hybridized carbons (Fsp3) is 0.0714. The van der Waals surface area contributed by atoms with Crippen LogP contribution < -0.4 is 10.6 Å². The number of amides is 2. The molecule has 1 aromatic carbocycles. The number of tetrazole rings is 1. The molecule has 0 radical (unpaired) electrons. The number of anilines is 2. The second-order valence-electron chi connectivity index (χ2n) is 4.68. The number of halogens is 1. The Kier molecular flexibility index (Phi) is 4.52. The molecule has 2 N–H and O–H groups in total. The van der Waals surface area contributed by atoms with Crippen molar-refractivity contribution >= 4 is 34.8 Å². The molecule has 122 valence electrons. The van der Waals surface area contributed by atoms with Gasteiger partial charge in [0.15, 0.2) is 5.76 Å². The largest absolute Gasteiger partial charge is 0.459 e. The summed E-state index contributed by atoms with van der Waals surface area (Å²) in [4.78, 5) is 23.8. The standard InChI is InChI=1S/C14H11ClN6O3/c15-10-6-9(17-13(22)7-21-8-16-19-20-21)3-4-11(10)18-14(23)12-2-1-5-24-12/h1-6,8H,7H2,(H,17,22)(H,18,23). The van der Waals surface area contributed by atoms with Crippen molar-refractivity contribution in [3.63, 3.8) is 0 Å². The number of carbonyl (C=O) groups is 2. The maximum Gasteiger partial charge on any atom is 0.291 e. The first kappa shape index (κ1) is 15.7. The number of hydrogen-bond acceptors (Lipinski definition) is 6. The average Bonchev–Trinajstić information content (AvgIpc) is 3.23. The molecule has 3 aromatic rings. The summed E-state index contributed by atoms with van der Waals surface area (Å²) in [6.07, 6.45) is 2.74. The number of rotatable bonds is 5. The van der Waals surface area contributed by atoms with Gasteiger partial charge in [0.2, 0.25) is 5.91 Å². The summed E-state index contributed by atoms with van der Waals surface area (Å²) >= 11 is 6.13. The molecular weight excluding hydrogens is 336 g/mol. The van der Waals surface area contributed by atoms with E-state index in [0.29, 0.717) is 11.4 Å². The first-order chi connectivity index (χ1) is 11.6.